The number of rotatable bonds is 5. The summed E-state index contributed by atoms with van der Waals surface area (Å²) in [6.45, 7) is -0.795. The number of benzene rings is 1. The van der Waals surface area contributed by atoms with Crippen LogP contribution in [0, 0.1) is 25.5 Å². The summed E-state index contributed by atoms with van der Waals surface area (Å²) >= 11 is 0. The highest BCUT2D eigenvalue weighted by Gasteiger charge is 2.29. The highest BCUT2D eigenvalue weighted by Crippen LogP contribution is 2.32. The molecule has 0 saturated heterocycles. The summed E-state index contributed by atoms with van der Waals surface area (Å²) in [6, 6.07) is 2.72. The first-order valence-corrected chi connectivity index (χ1v) is 11.3. The van der Waals surface area contributed by atoms with Crippen molar-refractivity contribution in [3.63, 3.8) is 0 Å². The van der Waals surface area contributed by atoms with Gasteiger partial charge in [0, 0.05) is 18.6 Å². The lowest BCUT2D eigenvalue weighted by Crippen LogP contribution is -2.21. The van der Waals surface area contributed by atoms with Crippen LogP contribution < -0.4 is 16.0 Å². The van der Waals surface area contributed by atoms with Gasteiger partial charge in [0.2, 0.25) is 5.95 Å². The number of fused-ring (bicyclic) bond motifs is 1. The molecule has 0 atom stereocenters. The summed E-state index contributed by atoms with van der Waals surface area (Å²) in [5, 5.41) is 3.75. The van der Waals surface area contributed by atoms with E-state index >= 15 is 4.39 Å². The molecule has 0 fully saturated rings. The molecule has 3 N–H and O–H groups in total. The zero-order chi connectivity index (χ0) is 25.8. The predicted octanol–water partition coefficient (Wildman–Crippen LogP) is 2.87. The van der Waals surface area contributed by atoms with Crippen LogP contribution in [0.5, 0.6) is 0 Å². The predicted molar refractivity (Wildman–Crippen MR) is 118 cm³/mol. The number of nitrogen functional groups attached to an aromatic ring is 1. The van der Waals surface area contributed by atoms with E-state index in [1.807, 2.05) is 4.72 Å². The zero-order valence-electron chi connectivity index (χ0n) is 18.3. The smallest absolute Gasteiger partial charge is 0.333 e. The molecule has 0 aliphatic carbocycles. The van der Waals surface area contributed by atoms with E-state index in [1.165, 1.54) is 20.2 Å². The number of nitrogens with zero attached hydrogens (tertiary/aromatic N) is 5. The lowest BCUT2D eigenvalue weighted by atomic mass is 10.0. The Morgan fingerprint density at radius 3 is 2.49 bits per heavy atom. The Kier molecular flexibility index (Phi) is 5.75. The van der Waals surface area contributed by atoms with Crippen LogP contribution >= 0.6 is 0 Å². The second-order valence-electron chi connectivity index (χ2n) is 7.54. The van der Waals surface area contributed by atoms with Crippen LogP contribution in [0.25, 0.3) is 22.2 Å². The zero-order valence-corrected chi connectivity index (χ0v) is 19.2. The van der Waals surface area contributed by atoms with Crippen molar-refractivity contribution in [2.75, 3.05) is 10.5 Å². The van der Waals surface area contributed by atoms with Crippen LogP contribution in [-0.4, -0.2) is 32.7 Å². The fourth-order valence-corrected chi connectivity index (χ4v) is 5.20. The van der Waals surface area contributed by atoms with Crippen molar-refractivity contribution < 1.29 is 26.0 Å². The molecular formula is C20H17F4N7O3S. The topological polar surface area (TPSA) is 138 Å². The van der Waals surface area contributed by atoms with E-state index in [1.54, 1.807) is 0 Å². The van der Waals surface area contributed by atoms with Gasteiger partial charge in [0.15, 0.2) is 5.82 Å². The van der Waals surface area contributed by atoms with Crippen LogP contribution in [0.4, 0.5) is 29.2 Å². The molecule has 0 amide bonds. The molecule has 0 bridgehead atoms. The van der Waals surface area contributed by atoms with Crippen molar-refractivity contribution in [3.05, 3.63) is 57.8 Å². The van der Waals surface area contributed by atoms with Gasteiger partial charge in [-0.15, -0.1) is 0 Å². The fraction of sp³-hybridized carbons (Fsp3) is 0.200. The minimum atomic E-state index is -4.63. The molecule has 184 valence electrons. The van der Waals surface area contributed by atoms with Crippen LogP contribution in [0.1, 0.15) is 17.9 Å². The number of halogens is 4. The quantitative estimate of drug-likeness (QED) is 0.393. The molecular weight excluding hydrogens is 494 g/mol. The highest BCUT2D eigenvalue weighted by atomic mass is 32.2. The van der Waals surface area contributed by atoms with Crippen molar-refractivity contribution in [2.45, 2.75) is 25.3 Å². The van der Waals surface area contributed by atoms with Gasteiger partial charge in [-0.05, 0) is 32.0 Å². The first-order chi connectivity index (χ1) is 16.3. The van der Waals surface area contributed by atoms with Gasteiger partial charge in [0.25, 0.3) is 15.6 Å². The normalized spacial score (nSPS) is 12.0. The number of anilines is 2. The van der Waals surface area contributed by atoms with Gasteiger partial charge in [-0.3, -0.25) is 14.1 Å². The van der Waals surface area contributed by atoms with Crippen molar-refractivity contribution in [3.8, 4) is 11.1 Å². The molecule has 0 aliphatic rings. The van der Waals surface area contributed by atoms with Gasteiger partial charge in [-0.2, -0.15) is 18.9 Å². The molecule has 10 nitrogen and oxygen atoms in total. The number of sulfonamides is 1. The van der Waals surface area contributed by atoms with E-state index in [0.717, 1.165) is 29.7 Å². The third-order valence-electron chi connectivity index (χ3n) is 5.28. The SMILES string of the molecule is Cc1nn(C(F)F)c(C)c1S(=O)(=O)Nc1ccc(F)c(-c2cc3cnc(N)nc3n(C)c2=O)c1F. The largest absolute Gasteiger partial charge is 0.368 e. The Labute approximate surface area is 195 Å². The number of hydrogen-bond donors (Lipinski definition) is 2. The molecule has 4 rings (SSSR count). The van der Waals surface area contributed by atoms with E-state index < -0.39 is 55.5 Å². The summed E-state index contributed by atoms with van der Waals surface area (Å²) in [4.78, 5) is 20.0. The Morgan fingerprint density at radius 2 is 1.86 bits per heavy atom. The molecule has 0 aliphatic heterocycles. The number of alkyl halides is 2. The maximum absolute atomic E-state index is 15.5. The summed E-state index contributed by atoms with van der Waals surface area (Å²) in [5.41, 5.74) is 2.25. The van der Waals surface area contributed by atoms with Crippen molar-refractivity contribution in [1.82, 2.24) is 24.3 Å². The molecule has 0 unspecified atom stereocenters. The number of nitrogens with one attached hydrogen (secondary N) is 1. The van der Waals surface area contributed by atoms with Crippen LogP contribution in [0.15, 0.2) is 34.1 Å². The lowest BCUT2D eigenvalue weighted by molar-refractivity contribution is 0.0538. The van der Waals surface area contributed by atoms with Crippen LogP contribution in [0.3, 0.4) is 0 Å². The van der Waals surface area contributed by atoms with E-state index in [9.17, 15) is 26.4 Å². The average Bonchev–Trinajstić information content (AvgIpc) is 3.09. The Hall–Kier alpha value is -4.01. The first-order valence-electron chi connectivity index (χ1n) is 9.80. The molecule has 0 spiro atoms. The summed E-state index contributed by atoms with van der Waals surface area (Å²) in [5.74, 6) is -2.65. The number of aryl methyl sites for hydroxylation is 2. The van der Waals surface area contributed by atoms with Crippen molar-refractivity contribution in [1.29, 1.82) is 0 Å². The molecule has 1 aromatic carbocycles. The number of hydrogen-bond acceptors (Lipinski definition) is 7. The minimum absolute atomic E-state index is 0.116. The molecule has 15 heteroatoms. The maximum atomic E-state index is 15.5. The Bertz CT molecular complexity index is 1670. The maximum Gasteiger partial charge on any atom is 0.333 e. The molecule has 3 heterocycles. The van der Waals surface area contributed by atoms with Gasteiger partial charge in [0.1, 0.15) is 16.4 Å². The van der Waals surface area contributed by atoms with Crippen LogP contribution in [0.2, 0.25) is 0 Å². The molecule has 0 radical (unpaired) electrons. The van der Waals surface area contributed by atoms with E-state index in [-0.39, 0.29) is 33.1 Å². The van der Waals surface area contributed by atoms with Gasteiger partial charge >= 0.3 is 6.55 Å². The van der Waals surface area contributed by atoms with Crippen LogP contribution in [-0.2, 0) is 17.1 Å². The second kappa shape index (κ2) is 8.33. The standard InChI is InChI=1S/C20H17F4N7O3S/c1-8-16(9(2)31(28-8)19(23)24)35(33,34)29-13-5-4-12(21)14(15(13)22)11-6-10-7-26-20(25)27-17(10)30(3)18(11)32/h4-7,19,29H,1-3H3,(H2,25,26,27). The summed E-state index contributed by atoms with van der Waals surface area (Å²) in [6.07, 6.45) is 1.26. The highest BCUT2D eigenvalue weighted by molar-refractivity contribution is 7.92. The number of nitrogens with two attached hydrogens (primary N) is 1. The van der Waals surface area contributed by atoms with Gasteiger partial charge in [-0.1, -0.05) is 0 Å². The number of aromatic nitrogens is 5. The Balaban J connectivity index is 1.87. The second-order valence-corrected chi connectivity index (χ2v) is 9.16. The monoisotopic (exact) mass is 511 g/mol. The van der Waals surface area contributed by atoms with Gasteiger partial charge in [0.05, 0.1) is 28.2 Å². The van der Waals surface area contributed by atoms with E-state index in [2.05, 4.69) is 15.1 Å². The third-order valence-corrected chi connectivity index (χ3v) is 6.90. The third kappa shape index (κ3) is 3.96. The van der Waals surface area contributed by atoms with E-state index in [0.29, 0.717) is 0 Å². The first kappa shape index (κ1) is 24.1. The minimum Gasteiger partial charge on any atom is -0.368 e. The molecule has 3 aromatic heterocycles. The lowest BCUT2D eigenvalue weighted by Gasteiger charge is -2.14. The van der Waals surface area contributed by atoms with Gasteiger partial charge < -0.3 is 5.73 Å². The summed E-state index contributed by atoms with van der Waals surface area (Å²) < 4.78 is 85.5. The van der Waals surface area contributed by atoms with Gasteiger partial charge in [-0.25, -0.2) is 26.9 Å². The molecule has 0 saturated carbocycles. The average molecular weight is 511 g/mol. The van der Waals surface area contributed by atoms with Crippen molar-refractivity contribution in [2.24, 2.45) is 7.05 Å². The number of pyridine rings is 1. The summed E-state index contributed by atoms with van der Waals surface area (Å²) in [7, 11) is -3.31. The molecule has 4 aromatic rings. The fourth-order valence-electron chi connectivity index (χ4n) is 3.74. The van der Waals surface area contributed by atoms with Crippen molar-refractivity contribution >= 4 is 32.7 Å². The molecule has 35 heavy (non-hydrogen) atoms. The Morgan fingerprint density at radius 1 is 1.17 bits per heavy atom. The van der Waals surface area contributed by atoms with E-state index in [4.69, 9.17) is 5.73 Å².